The van der Waals surface area contributed by atoms with Gasteiger partial charge in [-0.25, -0.2) is 0 Å². The zero-order valence-electron chi connectivity index (χ0n) is 15.8. The number of benzene rings is 2. The minimum Gasteiger partial charge on any atom is -0.490 e. The van der Waals surface area contributed by atoms with E-state index in [2.05, 4.69) is 26.6 Å². The molecule has 28 heavy (non-hydrogen) atoms. The van der Waals surface area contributed by atoms with E-state index in [4.69, 9.17) is 14.2 Å². The quantitative estimate of drug-likeness (QED) is 0.543. The minimum absolute atomic E-state index is 0.293. The molecule has 0 aliphatic rings. The fraction of sp³-hybridized carbons (Fsp3) is 0.300. The zero-order valence-corrected chi connectivity index (χ0v) is 17.4. The molecule has 0 aromatic heterocycles. The summed E-state index contributed by atoms with van der Waals surface area (Å²) < 4.78 is 16.3. The monoisotopic (exact) mass is 450 g/mol. The number of amides is 2. The number of hydrogen-bond donors (Lipinski definition) is 2. The molecule has 2 aromatic carbocycles. The summed E-state index contributed by atoms with van der Waals surface area (Å²) >= 11 is 3.37. The molecule has 0 radical (unpaired) electrons. The van der Waals surface area contributed by atoms with Crippen molar-refractivity contribution in [2.75, 3.05) is 45.9 Å². The molecule has 2 amide bonds. The van der Waals surface area contributed by atoms with E-state index in [1.165, 1.54) is 0 Å². The van der Waals surface area contributed by atoms with Crippen LogP contribution in [0.5, 0.6) is 5.75 Å². The fourth-order valence-corrected chi connectivity index (χ4v) is 2.74. The maximum Gasteiger partial charge on any atom is 0.259 e. The number of para-hydroxylation sites is 1. The van der Waals surface area contributed by atoms with E-state index in [1.807, 2.05) is 0 Å². The van der Waals surface area contributed by atoms with Crippen molar-refractivity contribution in [2.24, 2.45) is 0 Å². The highest BCUT2D eigenvalue weighted by Crippen LogP contribution is 2.25. The van der Waals surface area contributed by atoms with E-state index in [0.717, 1.165) is 4.47 Å². The average Bonchev–Trinajstić information content (AvgIpc) is 2.69. The van der Waals surface area contributed by atoms with Crippen molar-refractivity contribution in [1.82, 2.24) is 5.32 Å². The van der Waals surface area contributed by atoms with Crippen molar-refractivity contribution in [3.63, 3.8) is 0 Å². The summed E-state index contributed by atoms with van der Waals surface area (Å²) in [5, 5.41) is 5.54. The van der Waals surface area contributed by atoms with Gasteiger partial charge in [-0.3, -0.25) is 9.59 Å². The van der Waals surface area contributed by atoms with Crippen LogP contribution in [-0.2, 0) is 9.47 Å². The third-order valence-electron chi connectivity index (χ3n) is 3.74. The van der Waals surface area contributed by atoms with Gasteiger partial charge in [0.15, 0.2) is 0 Å². The first-order valence-corrected chi connectivity index (χ1v) is 9.45. The first kappa shape index (κ1) is 21.9. The highest BCUT2D eigenvalue weighted by Gasteiger charge is 2.17. The first-order chi connectivity index (χ1) is 13.6. The minimum atomic E-state index is -0.383. The second kappa shape index (κ2) is 11.4. The highest BCUT2D eigenvalue weighted by molar-refractivity contribution is 9.10. The van der Waals surface area contributed by atoms with Crippen molar-refractivity contribution in [3.8, 4) is 5.75 Å². The van der Waals surface area contributed by atoms with Crippen LogP contribution in [0.3, 0.4) is 0 Å². The number of hydrogen-bond acceptors (Lipinski definition) is 5. The number of halogens is 1. The molecule has 2 rings (SSSR count). The summed E-state index contributed by atoms with van der Waals surface area (Å²) in [6.45, 7) is 1.50. The summed E-state index contributed by atoms with van der Waals surface area (Å²) in [5.74, 6) is -0.246. The highest BCUT2D eigenvalue weighted by atomic mass is 79.9. The Kier molecular flexibility index (Phi) is 8.93. The van der Waals surface area contributed by atoms with Crippen LogP contribution in [-0.4, -0.2) is 52.4 Å². The third kappa shape index (κ3) is 6.33. The van der Waals surface area contributed by atoms with Gasteiger partial charge in [0.1, 0.15) is 12.4 Å². The molecule has 2 aromatic rings. The SMILES string of the molecule is COCCNC(=O)c1ccccc1NC(=O)c1cc(Br)ccc1OCCOC. The summed E-state index contributed by atoms with van der Waals surface area (Å²) in [7, 11) is 3.14. The Morgan fingerprint density at radius 2 is 1.68 bits per heavy atom. The number of carbonyl (C=O) groups excluding carboxylic acids is 2. The molecule has 0 heterocycles. The van der Waals surface area contributed by atoms with Gasteiger partial charge in [-0.1, -0.05) is 28.1 Å². The molecular weight excluding hydrogens is 428 g/mol. The summed E-state index contributed by atoms with van der Waals surface area (Å²) in [6.07, 6.45) is 0. The molecule has 0 saturated heterocycles. The van der Waals surface area contributed by atoms with Crippen molar-refractivity contribution < 1.29 is 23.8 Å². The van der Waals surface area contributed by atoms with E-state index < -0.39 is 0 Å². The van der Waals surface area contributed by atoms with Gasteiger partial charge in [-0.15, -0.1) is 0 Å². The second-order valence-electron chi connectivity index (χ2n) is 5.73. The van der Waals surface area contributed by atoms with Gasteiger partial charge in [0, 0.05) is 25.2 Å². The average molecular weight is 451 g/mol. The molecule has 8 heteroatoms. The molecule has 0 aliphatic carbocycles. The Bertz CT molecular complexity index is 813. The van der Waals surface area contributed by atoms with Crippen LogP contribution in [0.4, 0.5) is 5.69 Å². The molecule has 0 bridgehead atoms. The lowest BCUT2D eigenvalue weighted by atomic mass is 10.1. The van der Waals surface area contributed by atoms with E-state index in [1.54, 1.807) is 56.7 Å². The lowest BCUT2D eigenvalue weighted by Crippen LogP contribution is -2.28. The molecule has 2 N–H and O–H groups in total. The molecule has 150 valence electrons. The Morgan fingerprint density at radius 3 is 2.43 bits per heavy atom. The van der Waals surface area contributed by atoms with Crippen LogP contribution >= 0.6 is 15.9 Å². The number of rotatable bonds is 10. The van der Waals surface area contributed by atoms with Crippen molar-refractivity contribution in [2.45, 2.75) is 0 Å². The predicted molar refractivity (Wildman–Crippen MR) is 110 cm³/mol. The predicted octanol–water partition coefficient (Wildman–Crippen LogP) is 3.10. The maximum atomic E-state index is 12.9. The maximum absolute atomic E-state index is 12.9. The number of carbonyl (C=O) groups is 2. The van der Waals surface area contributed by atoms with Gasteiger partial charge < -0.3 is 24.8 Å². The Balaban J connectivity index is 2.19. The van der Waals surface area contributed by atoms with Gasteiger partial charge >= 0.3 is 0 Å². The van der Waals surface area contributed by atoms with Crippen LogP contribution in [0, 0.1) is 0 Å². The Morgan fingerprint density at radius 1 is 0.929 bits per heavy atom. The van der Waals surface area contributed by atoms with E-state index >= 15 is 0 Å². The second-order valence-corrected chi connectivity index (χ2v) is 6.65. The zero-order chi connectivity index (χ0) is 20.4. The van der Waals surface area contributed by atoms with Crippen molar-refractivity contribution >= 4 is 33.4 Å². The van der Waals surface area contributed by atoms with Crippen LogP contribution in [0.1, 0.15) is 20.7 Å². The molecule has 7 nitrogen and oxygen atoms in total. The smallest absolute Gasteiger partial charge is 0.259 e. The lowest BCUT2D eigenvalue weighted by molar-refractivity contribution is 0.0938. The molecule has 0 unspecified atom stereocenters. The number of nitrogens with one attached hydrogen (secondary N) is 2. The molecule has 0 aliphatic heterocycles. The van der Waals surface area contributed by atoms with Crippen LogP contribution in [0.2, 0.25) is 0 Å². The summed E-state index contributed by atoms with van der Waals surface area (Å²) in [6, 6.07) is 12.0. The largest absolute Gasteiger partial charge is 0.490 e. The first-order valence-electron chi connectivity index (χ1n) is 8.65. The van der Waals surface area contributed by atoms with Gasteiger partial charge in [0.05, 0.1) is 30.0 Å². The molecule has 0 saturated carbocycles. The molecule has 0 fully saturated rings. The van der Waals surface area contributed by atoms with Gasteiger partial charge in [0.25, 0.3) is 11.8 Å². The van der Waals surface area contributed by atoms with Crippen LogP contribution in [0.25, 0.3) is 0 Å². The summed E-state index contributed by atoms with van der Waals surface area (Å²) in [5.41, 5.74) is 1.12. The normalized spacial score (nSPS) is 10.4. The standard InChI is InChI=1S/C20H23BrN2O5/c1-26-10-9-22-19(24)15-5-3-4-6-17(15)23-20(25)16-13-14(21)7-8-18(16)28-12-11-27-2/h3-8,13H,9-12H2,1-2H3,(H,22,24)(H,23,25). The van der Waals surface area contributed by atoms with Crippen molar-refractivity contribution in [1.29, 1.82) is 0 Å². The number of anilines is 1. The molecule has 0 atom stereocenters. The van der Waals surface area contributed by atoms with E-state index in [9.17, 15) is 9.59 Å². The Labute approximate surface area is 172 Å². The van der Waals surface area contributed by atoms with Gasteiger partial charge in [-0.2, -0.15) is 0 Å². The van der Waals surface area contributed by atoms with Gasteiger partial charge in [0.2, 0.25) is 0 Å². The van der Waals surface area contributed by atoms with Crippen LogP contribution < -0.4 is 15.4 Å². The number of ether oxygens (including phenoxy) is 3. The third-order valence-corrected chi connectivity index (χ3v) is 4.24. The fourth-order valence-electron chi connectivity index (χ4n) is 2.38. The topological polar surface area (TPSA) is 85.9 Å². The van der Waals surface area contributed by atoms with Gasteiger partial charge in [-0.05, 0) is 30.3 Å². The summed E-state index contributed by atoms with van der Waals surface area (Å²) in [4.78, 5) is 25.2. The molecular formula is C20H23BrN2O5. The molecule has 0 spiro atoms. The Hall–Kier alpha value is -2.42. The van der Waals surface area contributed by atoms with E-state index in [0.29, 0.717) is 48.9 Å². The number of methoxy groups -OCH3 is 2. The van der Waals surface area contributed by atoms with Crippen molar-refractivity contribution in [3.05, 3.63) is 58.1 Å². The van der Waals surface area contributed by atoms with Crippen LogP contribution in [0.15, 0.2) is 46.9 Å². The van der Waals surface area contributed by atoms with E-state index in [-0.39, 0.29) is 11.8 Å². The lowest BCUT2D eigenvalue weighted by Gasteiger charge is -2.14.